The number of hydrogen-bond acceptors (Lipinski definition) is 3. The molecule has 1 unspecified atom stereocenters. The van der Waals surface area contributed by atoms with E-state index in [0.29, 0.717) is 0 Å². The molecule has 17 heavy (non-hydrogen) atoms. The second kappa shape index (κ2) is 5.52. The Bertz CT molecular complexity index is 459. The van der Waals surface area contributed by atoms with Gasteiger partial charge in [0.2, 0.25) is 0 Å². The summed E-state index contributed by atoms with van der Waals surface area (Å²) in [5, 5.41) is 3.56. The molecule has 1 N–H and O–H groups in total. The maximum atomic E-state index is 5.56. The average molecular weight is 249 g/mol. The first-order valence-corrected chi connectivity index (χ1v) is 6.87. The molecule has 0 bridgehead atoms. The number of hydrogen-bond donors (Lipinski definition) is 1. The number of nitrogens with one attached hydrogen (secondary N) is 1. The summed E-state index contributed by atoms with van der Waals surface area (Å²) in [5.41, 5.74) is 1.34. The van der Waals surface area contributed by atoms with Crippen LogP contribution in [0.5, 0.6) is 0 Å². The number of thiophene rings is 1. The van der Waals surface area contributed by atoms with E-state index >= 15 is 0 Å². The van der Waals surface area contributed by atoms with E-state index in [1.165, 1.54) is 15.3 Å². The first-order chi connectivity index (χ1) is 8.22. The van der Waals surface area contributed by atoms with Gasteiger partial charge in [-0.25, -0.2) is 0 Å². The summed E-state index contributed by atoms with van der Waals surface area (Å²) < 4.78 is 5.56. The molecule has 0 aliphatic rings. The van der Waals surface area contributed by atoms with E-state index in [1.54, 1.807) is 6.26 Å². The van der Waals surface area contributed by atoms with Crippen molar-refractivity contribution in [2.75, 3.05) is 6.54 Å². The maximum Gasteiger partial charge on any atom is 0.126 e. The molecule has 0 saturated heterocycles. The van der Waals surface area contributed by atoms with Crippen LogP contribution in [-0.2, 0) is 0 Å². The van der Waals surface area contributed by atoms with Crippen molar-refractivity contribution in [1.82, 2.24) is 5.32 Å². The molecule has 3 heteroatoms. The van der Waals surface area contributed by atoms with Crippen LogP contribution in [-0.4, -0.2) is 6.54 Å². The Kier molecular flexibility index (Phi) is 4.02. The Hall–Kier alpha value is -1.06. The Morgan fingerprint density at radius 3 is 2.76 bits per heavy atom. The first-order valence-electron chi connectivity index (χ1n) is 6.06. The van der Waals surface area contributed by atoms with E-state index in [0.717, 1.165) is 18.7 Å². The lowest BCUT2D eigenvalue weighted by atomic mass is 10.1. The molecule has 2 aromatic rings. The van der Waals surface area contributed by atoms with E-state index in [9.17, 15) is 0 Å². The highest BCUT2D eigenvalue weighted by Crippen LogP contribution is 2.32. The average Bonchev–Trinajstić information content (AvgIpc) is 2.90. The molecular formula is C14H19NOS. The van der Waals surface area contributed by atoms with Crippen molar-refractivity contribution in [3.63, 3.8) is 0 Å². The molecular weight excluding hydrogens is 230 g/mol. The van der Waals surface area contributed by atoms with Gasteiger partial charge in [0.25, 0.3) is 0 Å². The normalized spacial score (nSPS) is 12.9. The zero-order valence-corrected chi connectivity index (χ0v) is 11.4. The van der Waals surface area contributed by atoms with Gasteiger partial charge in [0.15, 0.2) is 0 Å². The fourth-order valence-electron chi connectivity index (χ4n) is 2.01. The van der Waals surface area contributed by atoms with Gasteiger partial charge in [-0.15, -0.1) is 11.3 Å². The molecule has 2 nitrogen and oxygen atoms in total. The van der Waals surface area contributed by atoms with E-state index in [2.05, 4.69) is 32.2 Å². The summed E-state index contributed by atoms with van der Waals surface area (Å²) in [4.78, 5) is 2.72. The van der Waals surface area contributed by atoms with Gasteiger partial charge < -0.3 is 9.73 Å². The molecule has 0 aliphatic heterocycles. The minimum absolute atomic E-state index is 0.198. The van der Waals surface area contributed by atoms with E-state index in [4.69, 9.17) is 4.42 Å². The Labute approximate surface area is 107 Å². The minimum Gasteiger partial charge on any atom is -0.467 e. The van der Waals surface area contributed by atoms with E-state index in [-0.39, 0.29) is 6.04 Å². The zero-order chi connectivity index (χ0) is 12.3. The first kappa shape index (κ1) is 12.4. The highest BCUT2D eigenvalue weighted by Gasteiger charge is 2.19. The van der Waals surface area contributed by atoms with E-state index in [1.807, 2.05) is 23.5 Å². The molecule has 0 amide bonds. The summed E-state index contributed by atoms with van der Waals surface area (Å²) in [6, 6.07) is 6.43. The summed E-state index contributed by atoms with van der Waals surface area (Å²) in [5.74, 6) is 1.00. The van der Waals surface area contributed by atoms with Gasteiger partial charge in [-0.3, -0.25) is 0 Å². The number of aryl methyl sites for hydroxylation is 2. The van der Waals surface area contributed by atoms with Gasteiger partial charge in [0, 0.05) is 9.75 Å². The van der Waals surface area contributed by atoms with Crippen LogP contribution in [0.3, 0.4) is 0 Å². The van der Waals surface area contributed by atoms with Crippen LogP contribution in [0.2, 0.25) is 0 Å². The Morgan fingerprint density at radius 2 is 2.24 bits per heavy atom. The summed E-state index contributed by atoms with van der Waals surface area (Å²) in [6.45, 7) is 7.50. The van der Waals surface area contributed by atoms with Gasteiger partial charge in [-0.2, -0.15) is 0 Å². The third-order valence-corrected chi connectivity index (χ3v) is 3.99. The third-order valence-electron chi connectivity index (χ3n) is 2.77. The van der Waals surface area contributed by atoms with Gasteiger partial charge in [0.1, 0.15) is 11.8 Å². The standard InChI is InChI=1S/C14H19NOS/c1-4-7-15-13(12-6-5-8-16-12)14-10(2)9-11(3)17-14/h5-6,8-9,13,15H,4,7H2,1-3H3. The molecule has 0 aliphatic carbocycles. The fraction of sp³-hybridized carbons (Fsp3) is 0.429. The molecule has 2 heterocycles. The SMILES string of the molecule is CCCNC(c1ccco1)c1sc(C)cc1C. The van der Waals surface area contributed by atoms with Crippen LogP contribution >= 0.6 is 11.3 Å². The van der Waals surface area contributed by atoms with Crippen molar-refractivity contribution >= 4 is 11.3 Å². The largest absolute Gasteiger partial charge is 0.467 e. The summed E-state index contributed by atoms with van der Waals surface area (Å²) in [6.07, 6.45) is 2.87. The third kappa shape index (κ3) is 2.79. The van der Waals surface area contributed by atoms with Gasteiger partial charge in [-0.1, -0.05) is 6.92 Å². The van der Waals surface area contributed by atoms with Crippen molar-refractivity contribution < 1.29 is 4.42 Å². The molecule has 0 spiro atoms. The minimum atomic E-state index is 0.198. The maximum absolute atomic E-state index is 5.56. The molecule has 0 fully saturated rings. The molecule has 2 aromatic heterocycles. The Balaban J connectivity index is 2.30. The van der Waals surface area contributed by atoms with Crippen LogP contribution in [0, 0.1) is 13.8 Å². The highest BCUT2D eigenvalue weighted by atomic mass is 32.1. The smallest absolute Gasteiger partial charge is 0.126 e. The van der Waals surface area contributed by atoms with E-state index < -0.39 is 0 Å². The Morgan fingerprint density at radius 1 is 1.41 bits per heavy atom. The lowest BCUT2D eigenvalue weighted by molar-refractivity contribution is 0.449. The monoisotopic (exact) mass is 249 g/mol. The van der Waals surface area contributed by atoms with Gasteiger partial charge in [-0.05, 0) is 50.6 Å². The van der Waals surface area contributed by atoms with Crippen LogP contribution < -0.4 is 5.32 Å². The van der Waals surface area contributed by atoms with Crippen LogP contribution in [0.4, 0.5) is 0 Å². The second-order valence-corrected chi connectivity index (χ2v) is 5.59. The van der Waals surface area contributed by atoms with Crippen LogP contribution in [0.25, 0.3) is 0 Å². The van der Waals surface area contributed by atoms with Gasteiger partial charge in [0.05, 0.1) is 6.26 Å². The fourth-order valence-corrected chi connectivity index (χ4v) is 3.13. The van der Waals surface area contributed by atoms with Crippen molar-refractivity contribution in [2.24, 2.45) is 0 Å². The summed E-state index contributed by atoms with van der Waals surface area (Å²) >= 11 is 1.85. The van der Waals surface area contributed by atoms with Crippen molar-refractivity contribution in [3.05, 3.63) is 45.5 Å². The van der Waals surface area contributed by atoms with Crippen LogP contribution in [0.1, 0.15) is 40.5 Å². The molecule has 1 atom stereocenters. The quantitative estimate of drug-likeness (QED) is 0.865. The second-order valence-electron chi connectivity index (χ2n) is 4.31. The molecule has 0 saturated carbocycles. The predicted molar refractivity (Wildman–Crippen MR) is 72.6 cm³/mol. The van der Waals surface area contributed by atoms with Crippen molar-refractivity contribution in [3.8, 4) is 0 Å². The highest BCUT2D eigenvalue weighted by molar-refractivity contribution is 7.12. The summed E-state index contributed by atoms with van der Waals surface area (Å²) in [7, 11) is 0. The topological polar surface area (TPSA) is 25.2 Å². The molecule has 92 valence electrons. The molecule has 0 radical (unpaired) electrons. The number of furan rings is 1. The van der Waals surface area contributed by atoms with Crippen molar-refractivity contribution in [2.45, 2.75) is 33.2 Å². The van der Waals surface area contributed by atoms with Crippen LogP contribution in [0.15, 0.2) is 28.9 Å². The lowest BCUT2D eigenvalue weighted by Crippen LogP contribution is -2.22. The number of rotatable bonds is 5. The lowest BCUT2D eigenvalue weighted by Gasteiger charge is -2.15. The van der Waals surface area contributed by atoms with Crippen molar-refractivity contribution in [1.29, 1.82) is 0 Å². The molecule has 0 aromatic carbocycles. The zero-order valence-electron chi connectivity index (χ0n) is 10.6. The van der Waals surface area contributed by atoms with Gasteiger partial charge >= 0.3 is 0 Å². The predicted octanol–water partition coefficient (Wildman–Crippen LogP) is 4.05. The molecule has 2 rings (SSSR count).